The molecule has 0 spiro atoms. The number of imidazole rings is 1. The number of fused-ring (bicyclic) bond motifs is 1. The van der Waals surface area contributed by atoms with Crippen molar-refractivity contribution >= 4 is 11.6 Å². The van der Waals surface area contributed by atoms with Gasteiger partial charge < -0.3 is 19.1 Å². The number of ether oxygens (including phenoxy) is 1. The van der Waals surface area contributed by atoms with Crippen LogP contribution in [0.3, 0.4) is 0 Å². The Morgan fingerprint density at radius 1 is 1.31 bits per heavy atom. The number of benzene rings is 1. The highest BCUT2D eigenvalue weighted by Crippen LogP contribution is 2.32. The molecule has 1 aliphatic rings. The lowest BCUT2D eigenvalue weighted by atomic mass is 10.0. The van der Waals surface area contributed by atoms with Crippen LogP contribution in [0.4, 0.5) is 8.78 Å². The number of aromatic carboxylic acids is 1. The lowest BCUT2D eigenvalue weighted by Gasteiger charge is -2.30. The summed E-state index contributed by atoms with van der Waals surface area (Å²) in [5, 5.41) is 9.06. The van der Waals surface area contributed by atoms with Crippen molar-refractivity contribution < 1.29 is 23.4 Å². The highest BCUT2D eigenvalue weighted by molar-refractivity contribution is 5.88. The minimum absolute atomic E-state index is 0.141. The van der Waals surface area contributed by atoms with Crippen LogP contribution < -0.4 is 0 Å². The number of pyridine rings is 1. The largest absolute Gasteiger partial charge is 0.478 e. The van der Waals surface area contributed by atoms with Crippen LogP contribution in [0.25, 0.3) is 16.9 Å². The molecule has 1 atom stereocenters. The van der Waals surface area contributed by atoms with Crippen LogP contribution in [-0.4, -0.2) is 58.2 Å². The summed E-state index contributed by atoms with van der Waals surface area (Å²) in [5.41, 5.74) is 1.56. The number of hydrogen-bond donors (Lipinski definition) is 1. The van der Waals surface area contributed by atoms with Gasteiger partial charge in [-0.2, -0.15) is 0 Å². The van der Waals surface area contributed by atoms with Gasteiger partial charge in [-0.05, 0) is 43.8 Å². The van der Waals surface area contributed by atoms with Gasteiger partial charge >= 0.3 is 5.97 Å². The molecular weight excluding hydrogens is 380 g/mol. The molecule has 3 heterocycles. The Hall–Kier alpha value is -2.84. The Balaban J connectivity index is 1.87. The summed E-state index contributed by atoms with van der Waals surface area (Å²) < 4.78 is 37.2. The predicted octanol–water partition coefficient (Wildman–Crippen LogP) is 3.16. The number of carboxylic acids is 1. The molecule has 1 unspecified atom stereocenters. The van der Waals surface area contributed by atoms with Gasteiger partial charge in [0.25, 0.3) is 0 Å². The van der Waals surface area contributed by atoms with Crippen LogP contribution >= 0.6 is 0 Å². The van der Waals surface area contributed by atoms with Gasteiger partial charge in [-0.3, -0.25) is 0 Å². The molecule has 0 saturated carbocycles. The third-order valence-electron chi connectivity index (χ3n) is 5.17. The van der Waals surface area contributed by atoms with Gasteiger partial charge in [-0.1, -0.05) is 0 Å². The first-order valence-electron chi connectivity index (χ1n) is 9.34. The monoisotopic (exact) mass is 401 g/mol. The van der Waals surface area contributed by atoms with Gasteiger partial charge in [-0.15, -0.1) is 0 Å². The normalized spacial score (nSPS) is 17.7. The van der Waals surface area contributed by atoms with Crippen molar-refractivity contribution in [3.8, 4) is 11.3 Å². The fraction of sp³-hybridized carbons (Fsp3) is 0.333. The van der Waals surface area contributed by atoms with E-state index < -0.39 is 23.2 Å². The minimum atomic E-state index is -1.39. The van der Waals surface area contributed by atoms with Crippen molar-refractivity contribution in [3.05, 3.63) is 58.9 Å². The molecule has 1 saturated heterocycles. The standard InChI is InChI=1S/C21H21F2N3O3/c1-12-3-4-26-17(10-14-11-25(2)5-6-29-14)20(24-18(26)7-12)19-15(22)8-13(21(27)28)9-16(19)23/h3-4,7-9,14H,5-6,10-11H2,1-2H3,(H,27,28). The molecule has 152 valence electrons. The summed E-state index contributed by atoms with van der Waals surface area (Å²) in [6, 6.07) is 5.38. The third kappa shape index (κ3) is 3.73. The number of halogens is 2. The number of aryl methyl sites for hydroxylation is 1. The molecule has 3 aromatic rings. The van der Waals surface area contributed by atoms with E-state index in [1.165, 1.54) is 0 Å². The molecule has 2 aromatic heterocycles. The van der Waals surface area contributed by atoms with Gasteiger partial charge in [0.1, 0.15) is 17.3 Å². The molecule has 6 nitrogen and oxygen atoms in total. The van der Waals surface area contributed by atoms with Crippen molar-refractivity contribution in [2.75, 3.05) is 26.7 Å². The van der Waals surface area contributed by atoms with E-state index in [0.29, 0.717) is 30.9 Å². The van der Waals surface area contributed by atoms with E-state index in [-0.39, 0.29) is 17.4 Å². The van der Waals surface area contributed by atoms with E-state index in [0.717, 1.165) is 24.2 Å². The zero-order valence-electron chi connectivity index (χ0n) is 16.2. The van der Waals surface area contributed by atoms with E-state index in [2.05, 4.69) is 9.88 Å². The van der Waals surface area contributed by atoms with Crippen LogP contribution in [0.15, 0.2) is 30.5 Å². The molecule has 29 heavy (non-hydrogen) atoms. The summed E-state index contributed by atoms with van der Waals surface area (Å²) in [6.07, 6.45) is 2.10. The first-order valence-corrected chi connectivity index (χ1v) is 9.34. The summed E-state index contributed by atoms with van der Waals surface area (Å²) in [4.78, 5) is 17.8. The second-order valence-electron chi connectivity index (χ2n) is 7.42. The maximum Gasteiger partial charge on any atom is 0.335 e. The van der Waals surface area contributed by atoms with Gasteiger partial charge in [0, 0.05) is 25.7 Å². The summed E-state index contributed by atoms with van der Waals surface area (Å²) in [6.45, 7) is 4.02. The first-order chi connectivity index (χ1) is 13.8. The van der Waals surface area contributed by atoms with Gasteiger partial charge in [0.05, 0.1) is 35.2 Å². The van der Waals surface area contributed by atoms with E-state index in [1.807, 2.05) is 36.7 Å². The fourth-order valence-electron chi connectivity index (χ4n) is 3.72. The molecular formula is C21H21F2N3O3. The predicted molar refractivity (Wildman–Crippen MR) is 103 cm³/mol. The number of morpholine rings is 1. The van der Waals surface area contributed by atoms with Crippen LogP contribution in [0, 0.1) is 18.6 Å². The zero-order valence-corrected chi connectivity index (χ0v) is 16.2. The average Bonchev–Trinajstić information content (AvgIpc) is 2.98. The van der Waals surface area contributed by atoms with Crippen molar-refractivity contribution in [2.45, 2.75) is 19.4 Å². The number of hydrogen-bond acceptors (Lipinski definition) is 4. The Kier molecular flexibility index (Phi) is 5.06. The van der Waals surface area contributed by atoms with Gasteiger partial charge in [0.2, 0.25) is 0 Å². The SMILES string of the molecule is Cc1ccn2c(CC3CN(C)CCO3)c(-c3c(F)cc(C(=O)O)cc3F)nc2c1. The maximum absolute atomic E-state index is 14.8. The first kappa shape index (κ1) is 19.5. The Morgan fingerprint density at radius 2 is 2.03 bits per heavy atom. The van der Waals surface area contributed by atoms with Crippen LogP contribution in [0.1, 0.15) is 21.6 Å². The van der Waals surface area contributed by atoms with Crippen LogP contribution in [0.2, 0.25) is 0 Å². The van der Waals surface area contributed by atoms with E-state index in [1.54, 1.807) is 0 Å². The zero-order chi connectivity index (χ0) is 20.7. The molecule has 1 N–H and O–H groups in total. The van der Waals surface area contributed by atoms with Crippen molar-refractivity contribution in [1.82, 2.24) is 14.3 Å². The van der Waals surface area contributed by atoms with E-state index in [9.17, 15) is 13.6 Å². The summed E-state index contributed by atoms with van der Waals surface area (Å²) in [5.74, 6) is -3.30. The lowest BCUT2D eigenvalue weighted by molar-refractivity contribution is -0.0190. The molecule has 0 aliphatic carbocycles. The van der Waals surface area contributed by atoms with Gasteiger partial charge in [-0.25, -0.2) is 18.6 Å². The number of carboxylic acid groups (broad SMARTS) is 1. The second kappa shape index (κ2) is 7.53. The number of rotatable bonds is 4. The second-order valence-corrected chi connectivity index (χ2v) is 7.42. The van der Waals surface area contributed by atoms with Crippen LogP contribution in [0.5, 0.6) is 0 Å². The highest BCUT2D eigenvalue weighted by Gasteiger charge is 2.26. The quantitative estimate of drug-likeness (QED) is 0.728. The van der Waals surface area contributed by atoms with Crippen molar-refractivity contribution in [3.63, 3.8) is 0 Å². The topological polar surface area (TPSA) is 67.1 Å². The molecule has 1 fully saturated rings. The third-order valence-corrected chi connectivity index (χ3v) is 5.17. The molecule has 8 heteroatoms. The smallest absolute Gasteiger partial charge is 0.335 e. The average molecular weight is 401 g/mol. The Morgan fingerprint density at radius 3 is 2.69 bits per heavy atom. The Bertz CT molecular complexity index is 1070. The van der Waals surface area contributed by atoms with Crippen molar-refractivity contribution in [1.29, 1.82) is 0 Å². The van der Waals surface area contributed by atoms with Crippen molar-refractivity contribution in [2.24, 2.45) is 0 Å². The molecule has 0 amide bonds. The van der Waals surface area contributed by atoms with Crippen LogP contribution in [-0.2, 0) is 11.2 Å². The molecule has 1 aliphatic heterocycles. The Labute approximate surface area is 166 Å². The summed E-state index contributed by atoms with van der Waals surface area (Å²) >= 11 is 0. The highest BCUT2D eigenvalue weighted by atomic mass is 19.1. The summed E-state index contributed by atoms with van der Waals surface area (Å²) in [7, 11) is 2.00. The number of nitrogens with zero attached hydrogens (tertiary/aromatic N) is 3. The molecule has 4 rings (SSSR count). The molecule has 0 radical (unpaired) electrons. The maximum atomic E-state index is 14.8. The number of carbonyl (C=O) groups is 1. The molecule has 0 bridgehead atoms. The lowest BCUT2D eigenvalue weighted by Crippen LogP contribution is -2.41. The van der Waals surface area contributed by atoms with Gasteiger partial charge in [0.15, 0.2) is 0 Å². The fourth-order valence-corrected chi connectivity index (χ4v) is 3.72. The number of likely N-dealkylation sites (N-methyl/N-ethyl adjacent to an activating group) is 1. The number of aromatic nitrogens is 2. The minimum Gasteiger partial charge on any atom is -0.478 e. The molecule has 1 aromatic carbocycles. The van der Waals surface area contributed by atoms with E-state index in [4.69, 9.17) is 9.84 Å². The van der Waals surface area contributed by atoms with E-state index >= 15 is 0 Å².